The summed E-state index contributed by atoms with van der Waals surface area (Å²) in [6, 6.07) is 6.70. The van der Waals surface area contributed by atoms with E-state index in [1.165, 1.54) is 4.31 Å². The van der Waals surface area contributed by atoms with Gasteiger partial charge in [-0.2, -0.15) is 4.31 Å². The second kappa shape index (κ2) is 4.73. The molecule has 0 fully saturated rings. The molecule has 0 amide bonds. The van der Waals surface area contributed by atoms with Gasteiger partial charge in [-0.15, -0.1) is 0 Å². The highest BCUT2D eigenvalue weighted by atomic mass is 79.9. The van der Waals surface area contributed by atoms with Crippen LogP contribution < -0.4 is 0 Å². The molecule has 19 heavy (non-hydrogen) atoms. The van der Waals surface area contributed by atoms with Crippen molar-refractivity contribution in [3.63, 3.8) is 0 Å². The summed E-state index contributed by atoms with van der Waals surface area (Å²) in [7, 11) is -3.43. The fourth-order valence-corrected chi connectivity index (χ4v) is 3.82. The normalized spacial score (nSPS) is 16.3. The van der Waals surface area contributed by atoms with Crippen LogP contribution in [0.3, 0.4) is 0 Å². The van der Waals surface area contributed by atoms with Crippen LogP contribution in [0, 0.1) is 0 Å². The van der Waals surface area contributed by atoms with Crippen molar-refractivity contribution in [2.24, 2.45) is 0 Å². The van der Waals surface area contributed by atoms with E-state index in [4.69, 9.17) is 0 Å². The zero-order chi connectivity index (χ0) is 13.5. The standard InChI is InChI=1S/C12H12BrN3O2S/c13-9-1-3-10(4-2-9)19(17,18)16-6-5-11-12(7-16)15-8-14-11/h1-4,8H,5-7H2,(H,14,15). The monoisotopic (exact) mass is 341 g/mol. The minimum absolute atomic E-state index is 0.318. The molecule has 1 aliphatic rings. The van der Waals surface area contributed by atoms with Crippen LogP contribution in [0.15, 0.2) is 40.0 Å². The average Bonchev–Trinajstić information content (AvgIpc) is 2.86. The Kier molecular flexibility index (Phi) is 3.20. The molecule has 3 rings (SSSR count). The van der Waals surface area contributed by atoms with Gasteiger partial charge in [0, 0.05) is 17.4 Å². The van der Waals surface area contributed by atoms with E-state index in [-0.39, 0.29) is 0 Å². The number of nitrogens with one attached hydrogen (secondary N) is 1. The highest BCUT2D eigenvalue weighted by Gasteiger charge is 2.29. The van der Waals surface area contributed by atoms with Gasteiger partial charge in [0.1, 0.15) is 0 Å². The molecule has 100 valence electrons. The van der Waals surface area contributed by atoms with E-state index >= 15 is 0 Å². The van der Waals surface area contributed by atoms with Crippen molar-refractivity contribution in [2.75, 3.05) is 6.54 Å². The lowest BCUT2D eigenvalue weighted by Gasteiger charge is -2.25. The largest absolute Gasteiger partial charge is 0.347 e. The second-order valence-corrected chi connectivity index (χ2v) is 7.22. The number of halogens is 1. The quantitative estimate of drug-likeness (QED) is 0.907. The van der Waals surface area contributed by atoms with Crippen molar-refractivity contribution in [1.29, 1.82) is 0 Å². The molecule has 1 aliphatic heterocycles. The number of sulfonamides is 1. The molecular formula is C12H12BrN3O2S. The van der Waals surface area contributed by atoms with E-state index < -0.39 is 10.0 Å². The fraction of sp³-hybridized carbons (Fsp3) is 0.250. The molecule has 2 heterocycles. The van der Waals surface area contributed by atoms with Crippen molar-refractivity contribution in [2.45, 2.75) is 17.9 Å². The maximum Gasteiger partial charge on any atom is 0.243 e. The molecular weight excluding hydrogens is 330 g/mol. The highest BCUT2D eigenvalue weighted by molar-refractivity contribution is 9.10. The van der Waals surface area contributed by atoms with Gasteiger partial charge in [-0.25, -0.2) is 13.4 Å². The lowest BCUT2D eigenvalue weighted by atomic mass is 10.2. The van der Waals surface area contributed by atoms with Gasteiger partial charge >= 0.3 is 0 Å². The zero-order valence-electron chi connectivity index (χ0n) is 10.0. The van der Waals surface area contributed by atoms with Crippen LogP contribution in [-0.4, -0.2) is 29.2 Å². The summed E-state index contributed by atoms with van der Waals surface area (Å²) in [4.78, 5) is 7.49. The van der Waals surface area contributed by atoms with Gasteiger partial charge in [-0.3, -0.25) is 0 Å². The summed E-state index contributed by atoms with van der Waals surface area (Å²) in [6.45, 7) is 0.823. The van der Waals surface area contributed by atoms with E-state index in [1.54, 1.807) is 30.6 Å². The van der Waals surface area contributed by atoms with E-state index in [0.717, 1.165) is 15.9 Å². The number of nitrogens with zero attached hydrogens (tertiary/aromatic N) is 2. The summed E-state index contributed by atoms with van der Waals surface area (Å²) in [5, 5.41) is 0. The minimum Gasteiger partial charge on any atom is -0.347 e. The first-order chi connectivity index (χ1) is 9.07. The number of hydrogen-bond donors (Lipinski definition) is 1. The van der Waals surface area contributed by atoms with Crippen molar-refractivity contribution in [1.82, 2.24) is 14.3 Å². The summed E-state index contributed by atoms with van der Waals surface area (Å²) in [6.07, 6.45) is 2.26. The molecule has 0 saturated heterocycles. The van der Waals surface area contributed by atoms with Gasteiger partial charge < -0.3 is 4.98 Å². The minimum atomic E-state index is -3.43. The molecule has 5 nitrogen and oxygen atoms in total. The van der Waals surface area contributed by atoms with Gasteiger partial charge in [0.15, 0.2) is 0 Å². The van der Waals surface area contributed by atoms with Crippen molar-refractivity contribution in [3.8, 4) is 0 Å². The number of fused-ring (bicyclic) bond motifs is 1. The second-order valence-electron chi connectivity index (χ2n) is 4.37. The van der Waals surface area contributed by atoms with Crippen LogP contribution in [0.4, 0.5) is 0 Å². The Bertz CT molecular complexity index is 694. The van der Waals surface area contributed by atoms with Crippen molar-refractivity contribution >= 4 is 26.0 Å². The lowest BCUT2D eigenvalue weighted by molar-refractivity contribution is 0.385. The number of rotatable bonds is 2. The van der Waals surface area contributed by atoms with Crippen LogP contribution in [0.25, 0.3) is 0 Å². The number of hydrogen-bond acceptors (Lipinski definition) is 3. The molecule has 0 aliphatic carbocycles. The Hall–Kier alpha value is -1.18. The average molecular weight is 342 g/mol. The number of aromatic nitrogens is 2. The number of benzene rings is 1. The third-order valence-corrected chi connectivity index (χ3v) is 5.58. The number of imidazole rings is 1. The van der Waals surface area contributed by atoms with Crippen LogP contribution in [0.1, 0.15) is 11.4 Å². The molecule has 1 aromatic heterocycles. The first-order valence-corrected chi connectivity index (χ1v) is 8.07. The smallest absolute Gasteiger partial charge is 0.243 e. The highest BCUT2D eigenvalue weighted by Crippen LogP contribution is 2.24. The molecule has 0 atom stereocenters. The summed E-state index contributed by atoms with van der Waals surface area (Å²) >= 11 is 3.30. The summed E-state index contributed by atoms with van der Waals surface area (Å²) in [5.74, 6) is 0. The van der Waals surface area contributed by atoms with Crippen LogP contribution in [0.5, 0.6) is 0 Å². The maximum atomic E-state index is 12.5. The van der Waals surface area contributed by atoms with Gasteiger partial charge in [0.2, 0.25) is 10.0 Å². The van der Waals surface area contributed by atoms with Crippen LogP contribution >= 0.6 is 15.9 Å². The Balaban J connectivity index is 1.92. The van der Waals surface area contributed by atoms with Gasteiger partial charge in [0.05, 0.1) is 29.2 Å². The summed E-state index contributed by atoms with van der Waals surface area (Å²) < 4.78 is 27.4. The van der Waals surface area contributed by atoms with E-state index in [9.17, 15) is 8.42 Å². The molecule has 0 radical (unpaired) electrons. The Labute approximate surface area is 119 Å². The molecule has 0 saturated carbocycles. The predicted molar refractivity (Wildman–Crippen MR) is 74.0 cm³/mol. The first kappa shape index (κ1) is 12.8. The Morgan fingerprint density at radius 1 is 1.26 bits per heavy atom. The van der Waals surface area contributed by atoms with Crippen LogP contribution in [-0.2, 0) is 23.0 Å². The first-order valence-electron chi connectivity index (χ1n) is 5.84. The van der Waals surface area contributed by atoms with Crippen LogP contribution in [0.2, 0.25) is 0 Å². The molecule has 7 heteroatoms. The molecule has 2 aromatic rings. The molecule has 0 spiro atoms. The molecule has 0 unspecified atom stereocenters. The molecule has 1 N–H and O–H groups in total. The van der Waals surface area contributed by atoms with E-state index in [2.05, 4.69) is 25.9 Å². The Morgan fingerprint density at radius 3 is 2.74 bits per heavy atom. The topological polar surface area (TPSA) is 66.1 Å². The number of aromatic amines is 1. The van der Waals surface area contributed by atoms with Gasteiger partial charge in [-0.1, -0.05) is 15.9 Å². The Morgan fingerprint density at radius 2 is 2.00 bits per heavy atom. The van der Waals surface area contributed by atoms with E-state index in [0.29, 0.717) is 24.4 Å². The fourth-order valence-electron chi connectivity index (χ4n) is 2.15. The third kappa shape index (κ3) is 2.33. The zero-order valence-corrected chi connectivity index (χ0v) is 12.4. The maximum absolute atomic E-state index is 12.5. The van der Waals surface area contributed by atoms with E-state index in [1.807, 2.05) is 0 Å². The third-order valence-electron chi connectivity index (χ3n) is 3.19. The molecule has 0 bridgehead atoms. The van der Waals surface area contributed by atoms with Crippen molar-refractivity contribution < 1.29 is 8.42 Å². The molecule has 1 aromatic carbocycles. The SMILES string of the molecule is O=S(=O)(c1ccc(Br)cc1)N1CCc2nc[nH]c2C1. The summed E-state index contributed by atoms with van der Waals surface area (Å²) in [5.41, 5.74) is 1.84. The van der Waals surface area contributed by atoms with Gasteiger partial charge in [0.25, 0.3) is 0 Å². The predicted octanol–water partition coefficient (Wildman–Crippen LogP) is 1.92. The van der Waals surface area contributed by atoms with Gasteiger partial charge in [-0.05, 0) is 24.3 Å². The lowest BCUT2D eigenvalue weighted by Crippen LogP contribution is -2.36. The van der Waals surface area contributed by atoms with Crippen molar-refractivity contribution in [3.05, 3.63) is 46.5 Å². The number of H-pyrrole nitrogens is 1.